The van der Waals surface area contributed by atoms with Gasteiger partial charge >= 0.3 is 95.5 Å². The molecule has 4 N–H and O–H groups in total. The monoisotopic (exact) mass is 1190 g/mol. The van der Waals surface area contributed by atoms with Crippen molar-refractivity contribution in [3.8, 4) is 0 Å². The minimum absolute atomic E-state index is 0.0680. The van der Waals surface area contributed by atoms with Gasteiger partial charge in [0.2, 0.25) is 0 Å². The minimum atomic E-state index is -1.60. The molecule has 16 unspecified atom stereocenters. The zero-order valence-electron chi connectivity index (χ0n) is 45.7. The van der Waals surface area contributed by atoms with E-state index in [9.17, 15) is 97.1 Å². The number of aliphatic carboxylic acids is 4. The Morgan fingerprint density at radius 1 is 0.349 bits per heavy atom. The van der Waals surface area contributed by atoms with Gasteiger partial charge in [0.15, 0.2) is 0 Å². The fraction of sp³-hybridized carbons (Fsp3) is 0.686. The molecule has 8 rings (SSSR count). The van der Waals surface area contributed by atoms with Crippen LogP contribution in [-0.4, -0.2) is 195 Å². The Morgan fingerprint density at radius 3 is 0.843 bits per heavy atom. The van der Waals surface area contributed by atoms with E-state index in [0.717, 1.165) is 0 Å². The molecule has 0 amide bonds. The summed E-state index contributed by atoms with van der Waals surface area (Å²) in [4.78, 5) is 186. The number of rotatable bonds is 20. The van der Waals surface area contributed by atoms with Gasteiger partial charge < -0.3 is 77.3 Å². The fourth-order valence-corrected chi connectivity index (χ4v) is 11.7. The van der Waals surface area contributed by atoms with E-state index in [-0.39, 0.29) is 45.7 Å². The first-order chi connectivity index (χ1) is 39.0. The Hall–Kier alpha value is -7.84. The van der Waals surface area contributed by atoms with Crippen LogP contribution in [0.2, 0.25) is 0 Å². The highest BCUT2D eigenvalue weighted by Crippen LogP contribution is 2.55. The van der Waals surface area contributed by atoms with Gasteiger partial charge in [-0.15, -0.1) is 0 Å². The van der Waals surface area contributed by atoms with Crippen LogP contribution in [0, 0.1) is 94.7 Å². The smallest absolute Gasteiger partial charge is 0.318 e. The summed E-state index contributed by atoms with van der Waals surface area (Å²) < 4.78 is 57.6. The molecule has 16 atom stereocenters. The number of carbonyl (C=O) groups is 16. The molecule has 83 heavy (non-hydrogen) atoms. The van der Waals surface area contributed by atoms with E-state index < -0.39 is 215 Å². The largest absolute Gasteiger partial charge is 0.481 e. The summed E-state index contributed by atoms with van der Waals surface area (Å²) in [6.45, 7) is 6.51. The molecule has 0 radical (unpaired) electrons. The van der Waals surface area contributed by atoms with Crippen LogP contribution in [-0.2, 0) is 134 Å². The van der Waals surface area contributed by atoms with E-state index in [2.05, 4.69) is 18.9 Å². The molecule has 32 nitrogen and oxygen atoms in total. The van der Waals surface area contributed by atoms with Crippen molar-refractivity contribution < 1.29 is 154 Å². The van der Waals surface area contributed by atoms with Crippen molar-refractivity contribution in [2.24, 2.45) is 94.7 Å². The second-order valence-corrected chi connectivity index (χ2v) is 20.7. The highest BCUT2D eigenvalue weighted by molar-refractivity contribution is 6.10. The summed E-state index contributed by atoms with van der Waals surface area (Å²) in [5, 5.41) is 37.8. The first-order valence-electron chi connectivity index (χ1n) is 25.7. The molecule has 4 aliphatic carbocycles. The lowest BCUT2D eigenvalue weighted by Crippen LogP contribution is -2.50. The summed E-state index contributed by atoms with van der Waals surface area (Å²) in [6.07, 6.45) is -3.15. The molecule has 32 heteroatoms. The number of ether oxygens (including phenoxy) is 12. The van der Waals surface area contributed by atoms with Crippen LogP contribution < -0.4 is 0 Å². The standard InChI is InChI=1S/2C17H26O10.C9H6O6.C8H4O6/c1-8(6-24-3)26-16(22)10-5-11(17(23)27-9(2)7-25-4)13(15(20)21)12(10)14(18)19;1-8(6-24-3)26-16(22)12-10(14(18)19)5-11(15(20)21)13(12)17(23)27-9(2)7-25-4;10-6-2-1-3-5(4(2)8(12)14-6)9(13)15-7(3)11;9-5-1-2(6(10)13-5)4-3(1)7(11)14-8(4)12/h2*8-13H,5-7H2,1-4H3,(H,18,19)(H,20,21);2-5H,1H2;1-4H. The van der Waals surface area contributed by atoms with E-state index in [1.807, 2.05) is 0 Å². The third-order valence-corrected chi connectivity index (χ3v) is 15.1. The maximum Gasteiger partial charge on any atom is 0.318 e. The Labute approximate surface area is 469 Å². The number of carboxylic acid groups (broad SMARTS) is 4. The van der Waals surface area contributed by atoms with E-state index in [1.54, 1.807) is 13.8 Å². The molecule has 0 spiro atoms. The van der Waals surface area contributed by atoms with E-state index in [4.69, 9.17) is 37.9 Å². The van der Waals surface area contributed by atoms with Crippen molar-refractivity contribution in [2.75, 3.05) is 54.9 Å². The predicted molar refractivity (Wildman–Crippen MR) is 254 cm³/mol. The van der Waals surface area contributed by atoms with Crippen LogP contribution in [0.15, 0.2) is 0 Å². The highest BCUT2D eigenvalue weighted by atomic mass is 16.6. The molecule has 4 saturated heterocycles. The summed E-state index contributed by atoms with van der Waals surface area (Å²) in [6, 6.07) is 0. The molecular formula is C51H62O32. The normalized spacial score (nSPS) is 32.6. The minimum Gasteiger partial charge on any atom is -0.481 e. The Kier molecular flexibility index (Phi) is 22.2. The molecule has 0 aromatic carbocycles. The van der Waals surface area contributed by atoms with Gasteiger partial charge in [-0.2, -0.15) is 0 Å². The lowest BCUT2D eigenvalue weighted by molar-refractivity contribution is -0.172. The third kappa shape index (κ3) is 14.3. The molecule has 458 valence electrons. The number of carbonyl (C=O) groups excluding carboxylic acids is 12. The van der Waals surface area contributed by atoms with Gasteiger partial charge in [0, 0.05) is 28.4 Å². The van der Waals surface area contributed by atoms with Gasteiger partial charge in [0.25, 0.3) is 0 Å². The van der Waals surface area contributed by atoms with Crippen LogP contribution in [0.1, 0.15) is 47.0 Å². The summed E-state index contributed by atoms with van der Waals surface area (Å²) >= 11 is 0. The van der Waals surface area contributed by atoms with E-state index >= 15 is 0 Å². The molecule has 0 aromatic rings. The zero-order chi connectivity index (χ0) is 62.2. The number of hydrogen-bond acceptors (Lipinski definition) is 28. The third-order valence-electron chi connectivity index (χ3n) is 15.1. The van der Waals surface area contributed by atoms with Crippen molar-refractivity contribution in [3.05, 3.63) is 0 Å². The number of esters is 12. The average Bonchev–Trinajstić information content (AvgIpc) is 2.27. The molecular weight excluding hydrogens is 1120 g/mol. The zero-order valence-corrected chi connectivity index (χ0v) is 45.7. The van der Waals surface area contributed by atoms with Gasteiger partial charge in [-0.05, 0) is 47.0 Å². The Balaban J connectivity index is 0.000000210. The van der Waals surface area contributed by atoms with Gasteiger partial charge in [-0.1, -0.05) is 0 Å². The van der Waals surface area contributed by atoms with E-state index in [0.29, 0.717) is 0 Å². The fourth-order valence-electron chi connectivity index (χ4n) is 11.7. The number of hydrogen-bond donors (Lipinski definition) is 4. The van der Waals surface area contributed by atoms with Crippen LogP contribution in [0.4, 0.5) is 0 Å². The summed E-state index contributed by atoms with van der Waals surface area (Å²) in [5.41, 5.74) is 0. The van der Waals surface area contributed by atoms with Gasteiger partial charge in [0.1, 0.15) is 24.4 Å². The lowest BCUT2D eigenvalue weighted by Gasteiger charge is -2.33. The molecule has 8 aliphatic rings. The number of fused-ring (bicyclic) bond motifs is 7. The Morgan fingerprint density at radius 2 is 0.590 bits per heavy atom. The van der Waals surface area contributed by atoms with Crippen molar-refractivity contribution in [1.29, 1.82) is 0 Å². The van der Waals surface area contributed by atoms with Crippen molar-refractivity contribution in [3.63, 3.8) is 0 Å². The van der Waals surface area contributed by atoms with Crippen LogP contribution >= 0.6 is 0 Å². The van der Waals surface area contributed by atoms with Crippen molar-refractivity contribution in [1.82, 2.24) is 0 Å². The number of methoxy groups -OCH3 is 4. The van der Waals surface area contributed by atoms with Crippen molar-refractivity contribution >= 4 is 95.5 Å². The molecule has 4 aliphatic heterocycles. The highest BCUT2D eigenvalue weighted by Gasteiger charge is 2.73. The molecule has 4 saturated carbocycles. The average molecular weight is 1190 g/mol. The summed E-state index contributed by atoms with van der Waals surface area (Å²) in [7, 11) is 5.62. The Bertz CT molecular complexity index is 2410. The number of carboxylic acids is 4. The lowest BCUT2D eigenvalue weighted by atomic mass is 9.59. The second-order valence-electron chi connectivity index (χ2n) is 20.7. The molecule has 0 bridgehead atoms. The van der Waals surface area contributed by atoms with Gasteiger partial charge in [0.05, 0.1) is 121 Å². The van der Waals surface area contributed by atoms with Crippen LogP contribution in [0.3, 0.4) is 0 Å². The van der Waals surface area contributed by atoms with Crippen molar-refractivity contribution in [2.45, 2.75) is 71.4 Å². The SMILES string of the molecule is COCC(C)OC(=O)C1C(C(=O)O)CC(C(=O)O)C1C(=O)OC(C)COC.COCC(C)OC(=O)C1CC(C(=O)OC(C)COC)C(C(=O)O)C1C(=O)O.O=C1OC(=O)C2C1C1C(=O)OC(=O)C21.O=C1OC(=O)C2C1CC1C(=O)OC(=O)C12. The van der Waals surface area contributed by atoms with Gasteiger partial charge in [-0.25, -0.2) is 0 Å². The molecule has 0 aromatic heterocycles. The van der Waals surface area contributed by atoms with Crippen LogP contribution in [0.25, 0.3) is 0 Å². The quantitative estimate of drug-likeness (QED) is 0.0582. The topological polar surface area (TPSA) is 465 Å². The van der Waals surface area contributed by atoms with E-state index in [1.165, 1.54) is 42.3 Å². The van der Waals surface area contributed by atoms with Crippen LogP contribution in [0.5, 0.6) is 0 Å². The maximum atomic E-state index is 12.6. The maximum absolute atomic E-state index is 12.6. The molecule has 8 fully saturated rings. The summed E-state index contributed by atoms with van der Waals surface area (Å²) in [5.74, 6) is -32.4. The first-order valence-corrected chi connectivity index (χ1v) is 25.7. The van der Waals surface area contributed by atoms with Gasteiger partial charge in [-0.3, -0.25) is 76.7 Å². The first kappa shape index (κ1) is 66.0. The number of cyclic esters (lactones) is 8. The second kappa shape index (κ2) is 28.0. The predicted octanol–water partition coefficient (Wildman–Crippen LogP) is -1.99. The molecule has 4 heterocycles.